The molecule has 0 radical (unpaired) electrons. The molecule has 1 aliphatic rings. The van der Waals surface area contributed by atoms with Gasteiger partial charge in [0, 0.05) is 0 Å². The van der Waals surface area contributed by atoms with Gasteiger partial charge in [-0.1, -0.05) is 19.3 Å². The summed E-state index contributed by atoms with van der Waals surface area (Å²) in [5.41, 5.74) is 5.66. The van der Waals surface area contributed by atoms with Crippen molar-refractivity contribution >= 4 is 9.84 Å². The Hall–Kier alpha value is -0.0900. The first-order valence-electron chi connectivity index (χ1n) is 4.88. The highest BCUT2D eigenvalue weighted by Gasteiger charge is 2.37. The Labute approximate surface area is 80.6 Å². The van der Waals surface area contributed by atoms with Crippen LogP contribution in [0.25, 0.3) is 0 Å². The quantitative estimate of drug-likeness (QED) is 0.742. The summed E-state index contributed by atoms with van der Waals surface area (Å²) in [4.78, 5) is -1.07. The Morgan fingerprint density at radius 2 is 1.62 bits per heavy atom. The summed E-state index contributed by atoms with van der Waals surface area (Å²) in [6.45, 7) is 3.16. The van der Waals surface area contributed by atoms with Crippen LogP contribution in [0, 0.1) is 0 Å². The molecule has 2 N–H and O–H groups in total. The molecule has 0 aromatic rings. The zero-order chi connectivity index (χ0) is 10.1. The summed E-state index contributed by atoms with van der Waals surface area (Å²) >= 11 is 0. The molecule has 0 amide bonds. The largest absolute Gasteiger partial charge is 0.313 e. The molecule has 1 saturated carbocycles. The van der Waals surface area contributed by atoms with Crippen LogP contribution in [0.5, 0.6) is 0 Å². The molecule has 0 bridgehead atoms. The molecule has 0 aliphatic heterocycles. The van der Waals surface area contributed by atoms with Crippen molar-refractivity contribution in [2.24, 2.45) is 5.73 Å². The number of sulfone groups is 1. The standard InChI is InChI=1S/C9H19NO2S/c1-9(2,10)13(11,12)8-6-4-3-5-7-8/h8H,3-7,10H2,1-2H3. The summed E-state index contributed by atoms with van der Waals surface area (Å²) in [6, 6.07) is 0. The van der Waals surface area contributed by atoms with E-state index in [2.05, 4.69) is 0 Å². The van der Waals surface area contributed by atoms with Crippen molar-refractivity contribution in [3.63, 3.8) is 0 Å². The summed E-state index contributed by atoms with van der Waals surface area (Å²) in [6.07, 6.45) is 4.81. The molecule has 1 fully saturated rings. The second-order valence-electron chi connectivity index (χ2n) is 4.41. The predicted molar refractivity (Wildman–Crippen MR) is 54.1 cm³/mol. The third-order valence-electron chi connectivity index (χ3n) is 2.72. The molecule has 0 aromatic carbocycles. The van der Waals surface area contributed by atoms with E-state index in [1.807, 2.05) is 0 Å². The van der Waals surface area contributed by atoms with Crippen molar-refractivity contribution in [2.45, 2.75) is 56.1 Å². The topological polar surface area (TPSA) is 60.2 Å². The van der Waals surface area contributed by atoms with Crippen LogP contribution >= 0.6 is 0 Å². The van der Waals surface area contributed by atoms with E-state index in [9.17, 15) is 8.42 Å². The Balaban J connectivity index is 2.80. The van der Waals surface area contributed by atoms with Gasteiger partial charge in [-0.25, -0.2) is 8.42 Å². The SMILES string of the molecule is CC(C)(N)S(=O)(=O)C1CCCCC1. The number of nitrogens with two attached hydrogens (primary N) is 1. The highest BCUT2D eigenvalue weighted by molar-refractivity contribution is 7.93. The van der Waals surface area contributed by atoms with Crippen LogP contribution in [0.1, 0.15) is 46.0 Å². The molecule has 78 valence electrons. The van der Waals surface area contributed by atoms with Crippen molar-refractivity contribution in [1.29, 1.82) is 0 Å². The van der Waals surface area contributed by atoms with Crippen molar-refractivity contribution in [1.82, 2.24) is 0 Å². The van der Waals surface area contributed by atoms with Gasteiger partial charge in [0.2, 0.25) is 0 Å². The Bertz CT molecular complexity index is 258. The molecule has 0 aromatic heterocycles. The summed E-state index contributed by atoms with van der Waals surface area (Å²) in [5, 5.41) is -0.193. The highest BCUT2D eigenvalue weighted by Crippen LogP contribution is 2.28. The lowest BCUT2D eigenvalue weighted by atomic mass is 10.0. The van der Waals surface area contributed by atoms with Crippen molar-refractivity contribution in [3.8, 4) is 0 Å². The average molecular weight is 205 g/mol. The third-order valence-corrected chi connectivity index (χ3v) is 5.54. The summed E-state index contributed by atoms with van der Waals surface area (Å²) < 4.78 is 23.8. The Morgan fingerprint density at radius 3 is 2.00 bits per heavy atom. The minimum absolute atomic E-state index is 0.193. The van der Waals surface area contributed by atoms with E-state index in [1.54, 1.807) is 13.8 Å². The molecular formula is C9H19NO2S. The van der Waals surface area contributed by atoms with Gasteiger partial charge < -0.3 is 5.73 Å². The van der Waals surface area contributed by atoms with Crippen LogP contribution in [0.15, 0.2) is 0 Å². The molecule has 0 saturated heterocycles. The maximum absolute atomic E-state index is 11.9. The molecular weight excluding hydrogens is 186 g/mol. The molecule has 13 heavy (non-hydrogen) atoms. The van der Waals surface area contributed by atoms with E-state index in [1.165, 1.54) is 0 Å². The van der Waals surface area contributed by atoms with Gasteiger partial charge in [-0.15, -0.1) is 0 Å². The first-order valence-corrected chi connectivity index (χ1v) is 6.42. The van der Waals surface area contributed by atoms with Crippen LogP contribution < -0.4 is 5.73 Å². The van der Waals surface area contributed by atoms with E-state index in [4.69, 9.17) is 5.73 Å². The van der Waals surface area contributed by atoms with Gasteiger partial charge in [-0.2, -0.15) is 0 Å². The predicted octanol–water partition coefficient (Wildman–Crippen LogP) is 1.43. The van der Waals surface area contributed by atoms with E-state index in [0.717, 1.165) is 32.1 Å². The van der Waals surface area contributed by atoms with Gasteiger partial charge in [0.15, 0.2) is 9.84 Å². The van der Waals surface area contributed by atoms with Crippen LogP contribution in [-0.4, -0.2) is 18.5 Å². The maximum Gasteiger partial charge on any atom is 0.171 e. The second kappa shape index (κ2) is 3.58. The second-order valence-corrected chi connectivity index (χ2v) is 7.22. The average Bonchev–Trinajstić information content (AvgIpc) is 2.04. The summed E-state index contributed by atoms with van der Waals surface area (Å²) in [7, 11) is -3.12. The lowest BCUT2D eigenvalue weighted by Gasteiger charge is -2.29. The molecule has 1 aliphatic carbocycles. The monoisotopic (exact) mass is 205 g/mol. The van der Waals surface area contributed by atoms with Gasteiger partial charge in [-0.05, 0) is 26.7 Å². The van der Waals surface area contributed by atoms with Crippen molar-refractivity contribution in [3.05, 3.63) is 0 Å². The van der Waals surface area contributed by atoms with Crippen LogP contribution in [0.4, 0.5) is 0 Å². The summed E-state index contributed by atoms with van der Waals surface area (Å²) in [5.74, 6) is 0. The third kappa shape index (κ3) is 2.23. The first kappa shape index (κ1) is 11.0. The van der Waals surface area contributed by atoms with E-state index < -0.39 is 14.7 Å². The molecule has 3 nitrogen and oxygen atoms in total. The molecule has 0 unspecified atom stereocenters. The first-order chi connectivity index (χ1) is 5.86. The smallest absolute Gasteiger partial charge is 0.171 e. The zero-order valence-electron chi connectivity index (χ0n) is 8.41. The lowest BCUT2D eigenvalue weighted by Crippen LogP contribution is -2.47. The molecule has 0 spiro atoms. The zero-order valence-corrected chi connectivity index (χ0v) is 9.23. The van der Waals surface area contributed by atoms with E-state index in [-0.39, 0.29) is 5.25 Å². The van der Waals surface area contributed by atoms with Crippen molar-refractivity contribution in [2.75, 3.05) is 0 Å². The van der Waals surface area contributed by atoms with Gasteiger partial charge in [0.05, 0.1) is 5.25 Å². The molecule has 0 heterocycles. The Morgan fingerprint density at radius 1 is 1.15 bits per heavy atom. The fraction of sp³-hybridized carbons (Fsp3) is 1.00. The van der Waals surface area contributed by atoms with Gasteiger partial charge in [0.1, 0.15) is 4.87 Å². The van der Waals surface area contributed by atoms with E-state index in [0.29, 0.717) is 0 Å². The molecule has 4 heteroatoms. The molecule has 0 atom stereocenters. The number of hydrogen-bond donors (Lipinski definition) is 1. The van der Waals surface area contributed by atoms with Crippen LogP contribution in [-0.2, 0) is 9.84 Å². The highest BCUT2D eigenvalue weighted by atomic mass is 32.2. The van der Waals surface area contributed by atoms with Crippen molar-refractivity contribution < 1.29 is 8.42 Å². The lowest BCUT2D eigenvalue weighted by molar-refractivity contribution is 0.467. The maximum atomic E-state index is 11.9. The normalized spacial score (nSPS) is 21.8. The van der Waals surface area contributed by atoms with Crippen LogP contribution in [0.2, 0.25) is 0 Å². The van der Waals surface area contributed by atoms with Gasteiger partial charge in [-0.3, -0.25) is 0 Å². The number of rotatable bonds is 2. The fourth-order valence-electron chi connectivity index (χ4n) is 1.80. The molecule has 1 rings (SSSR count). The minimum atomic E-state index is -3.12. The van der Waals surface area contributed by atoms with Gasteiger partial charge >= 0.3 is 0 Å². The van der Waals surface area contributed by atoms with Gasteiger partial charge in [0.25, 0.3) is 0 Å². The van der Waals surface area contributed by atoms with E-state index >= 15 is 0 Å². The Kier molecular flexibility index (Phi) is 3.02. The minimum Gasteiger partial charge on any atom is -0.313 e. The number of hydrogen-bond acceptors (Lipinski definition) is 3. The fourth-order valence-corrected chi connectivity index (χ4v) is 3.62. The van der Waals surface area contributed by atoms with Crippen LogP contribution in [0.3, 0.4) is 0 Å².